The molecule has 0 heterocycles. The van der Waals surface area contributed by atoms with Gasteiger partial charge in [0.1, 0.15) is 10.9 Å². The number of nitro benzene ring substituents is 1. The topological polar surface area (TPSA) is 119 Å². The van der Waals surface area contributed by atoms with E-state index in [0.717, 1.165) is 0 Å². The molecule has 0 saturated heterocycles. The number of esters is 1. The van der Waals surface area contributed by atoms with Gasteiger partial charge in [0, 0.05) is 28.3 Å². The lowest BCUT2D eigenvalue weighted by Gasteiger charge is -2.16. The Hall–Kier alpha value is -1.30. The first-order valence-corrected chi connectivity index (χ1v) is 8.45. The van der Waals surface area contributed by atoms with E-state index in [2.05, 4.69) is 5.32 Å². The number of aliphatic hydroxyl groups is 1. The summed E-state index contributed by atoms with van der Waals surface area (Å²) < 4.78 is 5.33. The van der Waals surface area contributed by atoms with Crippen molar-refractivity contribution in [3.8, 4) is 0 Å². The summed E-state index contributed by atoms with van der Waals surface area (Å²) >= 11 is 7.81. The first-order valence-electron chi connectivity index (χ1n) is 6.99. The fraction of sp³-hybridized carbons (Fsp3) is 0.429. The van der Waals surface area contributed by atoms with Gasteiger partial charge in [0.2, 0.25) is 0 Å². The summed E-state index contributed by atoms with van der Waals surface area (Å²) in [7, 11) is 0. The van der Waals surface area contributed by atoms with Crippen LogP contribution in [0.1, 0.15) is 17.3 Å². The van der Waals surface area contributed by atoms with Gasteiger partial charge in [-0.05, 0) is 35.6 Å². The molecule has 0 radical (unpaired) electrons. The molecule has 0 fully saturated rings. The number of carbonyl (C=O) groups excluding carboxylic acids is 2. The lowest BCUT2D eigenvalue weighted by molar-refractivity contribution is -0.384. The summed E-state index contributed by atoms with van der Waals surface area (Å²) in [6.45, 7) is 1.63. The van der Waals surface area contributed by atoms with Gasteiger partial charge in [-0.1, -0.05) is 11.6 Å². The number of halogens is 2. The Morgan fingerprint density at radius 2 is 2.17 bits per heavy atom. The number of carbonyl (C=O) groups is 2. The van der Waals surface area contributed by atoms with Gasteiger partial charge in [0.05, 0.1) is 18.1 Å². The number of benzene rings is 1. The molecule has 1 aromatic rings. The second kappa shape index (κ2) is 9.87. The second-order valence-corrected chi connectivity index (χ2v) is 6.26. The number of ketones is 1. The van der Waals surface area contributed by atoms with Crippen molar-refractivity contribution in [3.63, 3.8) is 0 Å². The maximum absolute atomic E-state index is 12.7. The minimum absolute atomic E-state index is 0.0756. The van der Waals surface area contributed by atoms with Crippen LogP contribution in [-0.2, 0) is 9.53 Å². The van der Waals surface area contributed by atoms with Crippen LogP contribution < -0.4 is 5.32 Å². The lowest BCUT2D eigenvalue weighted by atomic mass is 9.97. The molecule has 2 N–H and O–H groups in total. The van der Waals surface area contributed by atoms with Crippen LogP contribution in [0.25, 0.3) is 0 Å². The highest BCUT2D eigenvalue weighted by Crippen LogP contribution is 2.32. The fourth-order valence-electron chi connectivity index (χ4n) is 1.93. The van der Waals surface area contributed by atoms with Gasteiger partial charge >= 0.3 is 5.97 Å². The van der Waals surface area contributed by atoms with Crippen molar-refractivity contribution in [1.82, 2.24) is 5.32 Å². The molecule has 1 rings (SSSR count). The van der Waals surface area contributed by atoms with E-state index in [0.29, 0.717) is 3.57 Å². The van der Waals surface area contributed by atoms with Crippen molar-refractivity contribution in [3.05, 3.63) is 36.4 Å². The quantitative estimate of drug-likeness (QED) is 0.107. The minimum Gasteiger partial charge on any atom is -0.465 e. The molecular formula is C14H16ClIN2O6. The molecule has 0 aliphatic carbocycles. The number of aliphatic hydroxyl groups excluding tert-OH is 1. The van der Waals surface area contributed by atoms with Gasteiger partial charge < -0.3 is 15.2 Å². The Morgan fingerprint density at radius 1 is 1.50 bits per heavy atom. The smallest absolute Gasteiger partial charge is 0.318 e. The molecule has 1 atom stereocenters. The number of Topliss-reactive ketones (excluding diaryl/α,β-unsaturated/α-hetero) is 1. The number of nitrogens with zero attached hydrogens (tertiary/aromatic N) is 1. The van der Waals surface area contributed by atoms with Gasteiger partial charge in [-0.2, -0.15) is 0 Å². The van der Waals surface area contributed by atoms with E-state index in [4.69, 9.17) is 21.4 Å². The van der Waals surface area contributed by atoms with Crippen LogP contribution >= 0.6 is 34.2 Å². The number of hydrogen-bond donors (Lipinski definition) is 2. The molecule has 0 aliphatic heterocycles. The summed E-state index contributed by atoms with van der Waals surface area (Å²) in [6.07, 6.45) is 0. The standard InChI is InChI=1S/C14H16ClIN2O6/c1-2-24-14(21)10(7-17-3-4-19)13(20)9-5-8(16)6-11(12(9)15)18(22)23/h5-6,10,17,19H,2-4,7H2,1H3. The molecule has 1 aromatic carbocycles. The van der Waals surface area contributed by atoms with Crippen LogP contribution in [0.5, 0.6) is 0 Å². The third-order valence-corrected chi connectivity index (χ3v) is 4.03. The van der Waals surface area contributed by atoms with E-state index in [1.165, 1.54) is 12.1 Å². The summed E-state index contributed by atoms with van der Waals surface area (Å²) in [4.78, 5) is 35.1. The van der Waals surface area contributed by atoms with Gasteiger partial charge in [-0.3, -0.25) is 19.7 Å². The number of nitro groups is 1. The van der Waals surface area contributed by atoms with Crippen molar-refractivity contribution in [2.24, 2.45) is 5.92 Å². The summed E-state index contributed by atoms with van der Waals surface area (Å²) in [5.41, 5.74) is -0.517. The molecule has 132 valence electrons. The highest BCUT2D eigenvalue weighted by Gasteiger charge is 2.32. The molecule has 0 spiro atoms. The van der Waals surface area contributed by atoms with E-state index in [9.17, 15) is 19.7 Å². The molecule has 24 heavy (non-hydrogen) atoms. The van der Waals surface area contributed by atoms with E-state index < -0.39 is 28.3 Å². The first-order chi connectivity index (χ1) is 11.3. The molecule has 0 amide bonds. The highest BCUT2D eigenvalue weighted by molar-refractivity contribution is 14.1. The summed E-state index contributed by atoms with van der Waals surface area (Å²) in [5.74, 6) is -2.65. The number of hydrogen-bond acceptors (Lipinski definition) is 7. The Kier molecular flexibility index (Phi) is 8.53. The predicted molar refractivity (Wildman–Crippen MR) is 95.2 cm³/mol. The number of ether oxygens (including phenoxy) is 1. The normalized spacial score (nSPS) is 11.8. The van der Waals surface area contributed by atoms with E-state index in [1.807, 2.05) is 22.6 Å². The van der Waals surface area contributed by atoms with E-state index in [1.54, 1.807) is 6.92 Å². The van der Waals surface area contributed by atoms with Crippen molar-refractivity contribution in [2.75, 3.05) is 26.3 Å². The number of nitrogens with one attached hydrogen (secondary N) is 1. The molecular weight excluding hydrogens is 455 g/mol. The van der Waals surface area contributed by atoms with E-state index in [-0.39, 0.29) is 36.9 Å². The van der Waals surface area contributed by atoms with Crippen LogP contribution in [0.2, 0.25) is 5.02 Å². The van der Waals surface area contributed by atoms with Crippen molar-refractivity contribution in [1.29, 1.82) is 0 Å². The lowest BCUT2D eigenvalue weighted by Crippen LogP contribution is -2.37. The SMILES string of the molecule is CCOC(=O)C(CNCCO)C(=O)c1cc(I)cc([N+](=O)[O-])c1Cl. The van der Waals surface area contributed by atoms with Gasteiger partial charge in [0.25, 0.3) is 5.69 Å². The third-order valence-electron chi connectivity index (χ3n) is 3.00. The molecule has 8 nitrogen and oxygen atoms in total. The average Bonchev–Trinajstić information content (AvgIpc) is 2.52. The van der Waals surface area contributed by atoms with Gasteiger partial charge in [-0.25, -0.2) is 0 Å². The fourth-order valence-corrected chi connectivity index (χ4v) is 2.80. The molecule has 0 bridgehead atoms. The molecule has 10 heteroatoms. The van der Waals surface area contributed by atoms with E-state index >= 15 is 0 Å². The minimum atomic E-state index is -1.22. The monoisotopic (exact) mass is 470 g/mol. The Bertz CT molecular complexity index is 640. The van der Waals surface area contributed by atoms with Crippen LogP contribution in [-0.4, -0.2) is 48.1 Å². The maximum Gasteiger partial charge on any atom is 0.318 e. The van der Waals surface area contributed by atoms with Gasteiger partial charge in [-0.15, -0.1) is 0 Å². The highest BCUT2D eigenvalue weighted by atomic mass is 127. The largest absolute Gasteiger partial charge is 0.465 e. The Morgan fingerprint density at radius 3 is 2.71 bits per heavy atom. The molecule has 1 unspecified atom stereocenters. The van der Waals surface area contributed by atoms with Gasteiger partial charge in [0.15, 0.2) is 5.78 Å². The average molecular weight is 471 g/mol. The van der Waals surface area contributed by atoms with Crippen LogP contribution in [0.4, 0.5) is 5.69 Å². The molecule has 0 aliphatic rings. The zero-order chi connectivity index (χ0) is 18.3. The van der Waals surface area contributed by atoms with Crippen LogP contribution in [0.15, 0.2) is 12.1 Å². The van der Waals surface area contributed by atoms with Crippen molar-refractivity contribution < 1.29 is 24.4 Å². The van der Waals surface area contributed by atoms with Crippen molar-refractivity contribution in [2.45, 2.75) is 6.92 Å². The predicted octanol–water partition coefficient (Wildman–Crippen LogP) is 1.80. The molecule has 0 saturated carbocycles. The summed E-state index contributed by atoms with van der Waals surface area (Å²) in [6, 6.07) is 2.62. The van der Waals surface area contributed by atoms with Crippen molar-refractivity contribution >= 4 is 51.6 Å². The molecule has 0 aromatic heterocycles. The number of rotatable bonds is 9. The second-order valence-electron chi connectivity index (χ2n) is 4.64. The van der Waals surface area contributed by atoms with Crippen LogP contribution in [0.3, 0.4) is 0 Å². The summed E-state index contributed by atoms with van der Waals surface area (Å²) in [5, 5.41) is 22.3. The zero-order valence-corrected chi connectivity index (χ0v) is 15.7. The maximum atomic E-state index is 12.7. The zero-order valence-electron chi connectivity index (χ0n) is 12.8. The van der Waals surface area contributed by atoms with Crippen LogP contribution in [0, 0.1) is 19.6 Å². The Labute approximate surface area is 156 Å². The first kappa shape index (κ1) is 20.7. The Balaban J connectivity index is 3.22. The third kappa shape index (κ3) is 5.36.